The van der Waals surface area contributed by atoms with Crippen LogP contribution in [0, 0.1) is 17.7 Å². The van der Waals surface area contributed by atoms with Crippen LogP contribution in [-0.4, -0.2) is 33.9 Å². The van der Waals surface area contributed by atoms with Crippen molar-refractivity contribution < 1.29 is 19.4 Å². The number of carbonyl (C=O) groups is 1. The van der Waals surface area contributed by atoms with E-state index in [4.69, 9.17) is 11.5 Å². The van der Waals surface area contributed by atoms with Gasteiger partial charge in [0, 0.05) is 6.04 Å². The van der Waals surface area contributed by atoms with E-state index in [1.807, 2.05) is 0 Å². The summed E-state index contributed by atoms with van der Waals surface area (Å²) >= 11 is 0. The first-order chi connectivity index (χ1) is 11.7. The number of carbonyl (C=O) groups excluding carboxylic acids is 1. The SMILES string of the molecule is CC1CCC(O)(C(CC(O)C(N)Cc2ccc(F)cc2)C(N)=O)CC1. The van der Waals surface area contributed by atoms with Gasteiger partial charge in [0.25, 0.3) is 0 Å². The molecule has 1 amide bonds. The summed E-state index contributed by atoms with van der Waals surface area (Å²) < 4.78 is 13.0. The third-order valence-corrected chi connectivity index (χ3v) is 5.49. The minimum Gasteiger partial charge on any atom is -0.391 e. The molecule has 1 aromatic rings. The predicted octanol–water partition coefficient (Wildman–Crippen LogP) is 1.49. The lowest BCUT2D eigenvalue weighted by atomic mass is 9.70. The van der Waals surface area contributed by atoms with Crippen molar-refractivity contribution in [2.45, 2.75) is 63.2 Å². The summed E-state index contributed by atoms with van der Waals surface area (Å²) in [6.45, 7) is 2.12. The Balaban J connectivity index is 2.00. The molecule has 0 heterocycles. The van der Waals surface area contributed by atoms with Crippen molar-refractivity contribution in [3.63, 3.8) is 0 Å². The van der Waals surface area contributed by atoms with Crippen LogP contribution in [0.5, 0.6) is 0 Å². The van der Waals surface area contributed by atoms with Gasteiger partial charge in [-0.1, -0.05) is 19.1 Å². The summed E-state index contributed by atoms with van der Waals surface area (Å²) in [4.78, 5) is 11.9. The van der Waals surface area contributed by atoms with Gasteiger partial charge in [-0.2, -0.15) is 0 Å². The third kappa shape index (κ3) is 5.23. The molecule has 1 aromatic carbocycles. The number of primary amides is 1. The molecular formula is C19H29FN2O3. The van der Waals surface area contributed by atoms with E-state index in [2.05, 4.69) is 6.92 Å². The molecule has 3 atom stereocenters. The van der Waals surface area contributed by atoms with E-state index in [0.29, 0.717) is 25.2 Å². The lowest BCUT2D eigenvalue weighted by Crippen LogP contribution is -2.50. The Hall–Kier alpha value is -1.50. The Kier molecular flexibility index (Phi) is 6.54. The van der Waals surface area contributed by atoms with E-state index >= 15 is 0 Å². The van der Waals surface area contributed by atoms with E-state index < -0.39 is 29.6 Å². The zero-order chi connectivity index (χ0) is 18.6. The highest BCUT2D eigenvalue weighted by atomic mass is 19.1. The molecule has 0 aromatic heterocycles. The van der Waals surface area contributed by atoms with Crippen LogP contribution in [0.3, 0.4) is 0 Å². The van der Waals surface area contributed by atoms with Crippen molar-refractivity contribution in [2.24, 2.45) is 23.3 Å². The summed E-state index contributed by atoms with van der Waals surface area (Å²) in [6.07, 6.45) is 2.07. The van der Waals surface area contributed by atoms with Gasteiger partial charge in [-0.3, -0.25) is 4.79 Å². The van der Waals surface area contributed by atoms with E-state index in [1.54, 1.807) is 12.1 Å². The van der Waals surface area contributed by atoms with Crippen LogP contribution in [-0.2, 0) is 11.2 Å². The number of hydrogen-bond acceptors (Lipinski definition) is 4. The largest absolute Gasteiger partial charge is 0.391 e. The van der Waals surface area contributed by atoms with Crippen LogP contribution in [0.1, 0.15) is 44.6 Å². The van der Waals surface area contributed by atoms with Gasteiger partial charge in [0.2, 0.25) is 5.91 Å². The molecule has 0 aliphatic heterocycles. The van der Waals surface area contributed by atoms with Gasteiger partial charge in [0.05, 0.1) is 17.6 Å². The fraction of sp³-hybridized carbons (Fsp3) is 0.632. The quantitative estimate of drug-likeness (QED) is 0.596. The zero-order valence-electron chi connectivity index (χ0n) is 14.7. The number of benzene rings is 1. The lowest BCUT2D eigenvalue weighted by Gasteiger charge is -2.40. The number of rotatable bonds is 7. The fourth-order valence-electron chi connectivity index (χ4n) is 3.66. The number of aliphatic hydroxyl groups excluding tert-OH is 1. The summed E-state index contributed by atoms with van der Waals surface area (Å²) in [5, 5.41) is 21.3. The molecule has 6 N–H and O–H groups in total. The smallest absolute Gasteiger partial charge is 0.223 e. The van der Waals surface area contributed by atoms with Gasteiger partial charge in [0.1, 0.15) is 5.82 Å². The van der Waals surface area contributed by atoms with E-state index in [0.717, 1.165) is 18.4 Å². The molecule has 1 saturated carbocycles. The monoisotopic (exact) mass is 352 g/mol. The molecule has 1 fully saturated rings. The number of amides is 1. The number of nitrogens with two attached hydrogens (primary N) is 2. The standard InChI is InChI=1S/C19H29FN2O3/c1-12-6-8-19(25,9-7-12)15(18(22)24)11-17(23)16(21)10-13-2-4-14(20)5-3-13/h2-5,12,15-17,23,25H,6-11,21H2,1H3,(H2,22,24). The van der Waals surface area contributed by atoms with Crippen LogP contribution in [0.2, 0.25) is 0 Å². The number of hydrogen-bond donors (Lipinski definition) is 4. The zero-order valence-corrected chi connectivity index (χ0v) is 14.7. The molecule has 0 radical (unpaired) electrons. The van der Waals surface area contributed by atoms with Gasteiger partial charge >= 0.3 is 0 Å². The number of aliphatic hydroxyl groups is 2. The highest BCUT2D eigenvalue weighted by Crippen LogP contribution is 2.39. The molecule has 0 bridgehead atoms. The van der Waals surface area contributed by atoms with Gasteiger partial charge in [0.15, 0.2) is 0 Å². The molecule has 1 aliphatic carbocycles. The Morgan fingerprint density at radius 3 is 2.40 bits per heavy atom. The van der Waals surface area contributed by atoms with Crippen molar-refractivity contribution in [3.05, 3.63) is 35.6 Å². The normalized spacial score (nSPS) is 27.5. The predicted molar refractivity (Wildman–Crippen MR) is 94.0 cm³/mol. The van der Waals surface area contributed by atoms with Gasteiger partial charge in [-0.05, 0) is 62.1 Å². The fourth-order valence-corrected chi connectivity index (χ4v) is 3.66. The molecule has 0 saturated heterocycles. The average Bonchev–Trinajstić information content (AvgIpc) is 2.57. The van der Waals surface area contributed by atoms with Crippen molar-refractivity contribution in [3.8, 4) is 0 Å². The molecule has 5 nitrogen and oxygen atoms in total. The van der Waals surface area contributed by atoms with Crippen LogP contribution in [0.25, 0.3) is 0 Å². The molecule has 3 unspecified atom stereocenters. The van der Waals surface area contributed by atoms with Crippen LogP contribution < -0.4 is 11.5 Å². The van der Waals surface area contributed by atoms with E-state index in [1.165, 1.54) is 12.1 Å². The Morgan fingerprint density at radius 2 is 1.88 bits per heavy atom. The molecular weight excluding hydrogens is 323 g/mol. The molecule has 25 heavy (non-hydrogen) atoms. The van der Waals surface area contributed by atoms with Crippen molar-refractivity contribution in [2.75, 3.05) is 0 Å². The first-order valence-corrected chi connectivity index (χ1v) is 8.91. The van der Waals surface area contributed by atoms with Crippen molar-refractivity contribution in [1.29, 1.82) is 0 Å². The second-order valence-corrected chi connectivity index (χ2v) is 7.54. The maximum atomic E-state index is 13.0. The second kappa shape index (κ2) is 8.25. The second-order valence-electron chi connectivity index (χ2n) is 7.54. The average molecular weight is 352 g/mol. The minimum absolute atomic E-state index is 0.0303. The van der Waals surface area contributed by atoms with Crippen molar-refractivity contribution >= 4 is 5.91 Å². The molecule has 0 spiro atoms. The van der Waals surface area contributed by atoms with Gasteiger partial charge in [-0.15, -0.1) is 0 Å². The first kappa shape index (κ1) is 19.8. The third-order valence-electron chi connectivity index (χ3n) is 5.49. The Bertz CT molecular complexity index is 571. The van der Waals surface area contributed by atoms with Gasteiger partial charge < -0.3 is 21.7 Å². The van der Waals surface area contributed by atoms with Crippen molar-refractivity contribution in [1.82, 2.24) is 0 Å². The van der Waals surface area contributed by atoms with Crippen LogP contribution in [0.15, 0.2) is 24.3 Å². The maximum absolute atomic E-state index is 13.0. The first-order valence-electron chi connectivity index (χ1n) is 8.91. The van der Waals surface area contributed by atoms with Gasteiger partial charge in [-0.25, -0.2) is 4.39 Å². The summed E-state index contributed by atoms with van der Waals surface area (Å²) in [5.41, 5.74) is 11.2. The van der Waals surface area contributed by atoms with E-state index in [-0.39, 0.29) is 12.2 Å². The van der Waals surface area contributed by atoms with Crippen LogP contribution in [0.4, 0.5) is 4.39 Å². The Labute approximate surface area is 148 Å². The Morgan fingerprint density at radius 1 is 1.32 bits per heavy atom. The summed E-state index contributed by atoms with van der Waals surface area (Å²) in [6, 6.07) is 5.28. The highest BCUT2D eigenvalue weighted by molar-refractivity contribution is 5.78. The minimum atomic E-state index is -1.17. The topological polar surface area (TPSA) is 110 Å². The maximum Gasteiger partial charge on any atom is 0.223 e. The highest BCUT2D eigenvalue weighted by Gasteiger charge is 2.43. The molecule has 2 rings (SSSR count). The van der Waals surface area contributed by atoms with E-state index in [9.17, 15) is 19.4 Å². The summed E-state index contributed by atoms with van der Waals surface area (Å²) in [5.74, 6) is -1.25. The molecule has 6 heteroatoms. The molecule has 140 valence electrons. The van der Waals surface area contributed by atoms with Crippen LogP contribution >= 0.6 is 0 Å². The lowest BCUT2D eigenvalue weighted by molar-refractivity contribution is -0.138. The number of halogens is 1. The summed E-state index contributed by atoms with van der Waals surface area (Å²) in [7, 11) is 0. The molecule has 1 aliphatic rings.